The summed E-state index contributed by atoms with van der Waals surface area (Å²) < 4.78 is 13.1. The van der Waals surface area contributed by atoms with Crippen molar-refractivity contribution in [3.63, 3.8) is 0 Å². The number of benzene rings is 1. The topological polar surface area (TPSA) is 29.1 Å². The molecule has 0 aromatic heterocycles. The Labute approximate surface area is 119 Å². The number of hydrogen-bond donors (Lipinski definition) is 1. The number of aryl methyl sites for hydroxylation is 1. The maximum atomic E-state index is 13.1. The second-order valence-corrected chi connectivity index (χ2v) is 6.37. The Bertz CT molecular complexity index is 502. The zero-order chi connectivity index (χ0) is 14.1. The van der Waals surface area contributed by atoms with Gasteiger partial charge in [-0.25, -0.2) is 4.39 Å². The smallest absolute Gasteiger partial charge is 0.140 e. The van der Waals surface area contributed by atoms with Gasteiger partial charge in [0.05, 0.1) is 0 Å². The van der Waals surface area contributed by atoms with Crippen LogP contribution in [0, 0.1) is 18.7 Å². The van der Waals surface area contributed by atoms with Gasteiger partial charge in [0.2, 0.25) is 0 Å². The summed E-state index contributed by atoms with van der Waals surface area (Å²) in [5.41, 5.74) is 1.85. The maximum Gasteiger partial charge on any atom is 0.140 e. The molecule has 3 rings (SSSR count). The maximum absolute atomic E-state index is 13.1. The Morgan fingerprint density at radius 2 is 2.00 bits per heavy atom. The van der Waals surface area contributed by atoms with Crippen LogP contribution in [0.15, 0.2) is 18.2 Å². The molecule has 2 fully saturated rings. The lowest BCUT2D eigenvalue weighted by Gasteiger charge is -2.39. The van der Waals surface area contributed by atoms with E-state index < -0.39 is 0 Å². The molecule has 2 unspecified atom stereocenters. The minimum absolute atomic E-state index is 0.191. The monoisotopic (exact) mass is 275 g/mol. The van der Waals surface area contributed by atoms with E-state index in [1.165, 1.54) is 31.4 Å². The Hall–Kier alpha value is -1.22. The molecule has 2 saturated heterocycles. The summed E-state index contributed by atoms with van der Waals surface area (Å²) in [4.78, 5) is 12.5. The van der Waals surface area contributed by atoms with Crippen LogP contribution in [0.3, 0.4) is 0 Å². The highest BCUT2D eigenvalue weighted by atomic mass is 19.1. The lowest BCUT2D eigenvalue weighted by Crippen LogP contribution is -2.50. The summed E-state index contributed by atoms with van der Waals surface area (Å²) in [5.74, 6) is 0.296. The molecule has 108 valence electrons. The van der Waals surface area contributed by atoms with Gasteiger partial charge in [0.1, 0.15) is 11.6 Å². The number of rotatable bonds is 3. The molecule has 0 spiro atoms. The summed E-state index contributed by atoms with van der Waals surface area (Å²) >= 11 is 0. The first-order valence-electron chi connectivity index (χ1n) is 7.65. The van der Waals surface area contributed by atoms with E-state index in [1.807, 2.05) is 6.92 Å². The third-order valence-corrected chi connectivity index (χ3v) is 4.84. The van der Waals surface area contributed by atoms with Gasteiger partial charge in [0, 0.05) is 24.4 Å². The van der Waals surface area contributed by atoms with Crippen LogP contribution in [0.4, 0.5) is 4.39 Å². The van der Waals surface area contributed by atoms with E-state index in [1.54, 1.807) is 6.07 Å². The van der Waals surface area contributed by atoms with Gasteiger partial charge in [-0.3, -0.25) is 4.79 Å². The molecule has 2 bridgehead atoms. The highest BCUT2D eigenvalue weighted by Crippen LogP contribution is 2.31. The van der Waals surface area contributed by atoms with Crippen molar-refractivity contribution in [2.75, 3.05) is 0 Å². The van der Waals surface area contributed by atoms with Crippen molar-refractivity contribution in [1.82, 2.24) is 5.32 Å². The van der Waals surface area contributed by atoms with E-state index in [0.29, 0.717) is 24.3 Å². The van der Waals surface area contributed by atoms with E-state index in [9.17, 15) is 9.18 Å². The normalized spacial score (nSPS) is 29.2. The van der Waals surface area contributed by atoms with Gasteiger partial charge in [-0.1, -0.05) is 12.5 Å². The standard InChI is InChI=1S/C17H22FNO/c1-11-7-14(18)6-5-12(11)10-17(20)13-8-15-3-2-4-16(9-13)19-15/h5-7,13,15-16,19H,2-4,8-10H2,1H3. The minimum atomic E-state index is -0.227. The van der Waals surface area contributed by atoms with Crippen molar-refractivity contribution in [3.05, 3.63) is 35.1 Å². The predicted molar refractivity (Wildman–Crippen MR) is 77.1 cm³/mol. The molecular formula is C17H22FNO. The molecule has 2 heterocycles. The average Bonchev–Trinajstić information content (AvgIpc) is 2.41. The molecular weight excluding hydrogens is 253 g/mol. The number of carbonyl (C=O) groups excluding carboxylic acids is 1. The third kappa shape index (κ3) is 2.93. The SMILES string of the molecule is Cc1cc(F)ccc1CC(=O)C1CC2CCCC(C1)N2. The first kappa shape index (κ1) is 13.7. The predicted octanol–water partition coefficient (Wildman–Crippen LogP) is 3.17. The van der Waals surface area contributed by atoms with Crippen molar-refractivity contribution < 1.29 is 9.18 Å². The molecule has 3 heteroatoms. The third-order valence-electron chi connectivity index (χ3n) is 4.84. The van der Waals surface area contributed by atoms with Crippen LogP contribution < -0.4 is 5.32 Å². The summed E-state index contributed by atoms with van der Waals surface area (Å²) in [6.07, 6.45) is 6.12. The number of fused-ring (bicyclic) bond motifs is 2. The Morgan fingerprint density at radius 1 is 1.30 bits per heavy atom. The first-order valence-corrected chi connectivity index (χ1v) is 7.65. The van der Waals surface area contributed by atoms with E-state index in [2.05, 4.69) is 5.32 Å². The Balaban J connectivity index is 1.67. The fourth-order valence-corrected chi connectivity index (χ4v) is 3.72. The molecule has 0 radical (unpaired) electrons. The van der Waals surface area contributed by atoms with Gasteiger partial charge in [-0.05, 0) is 55.9 Å². The molecule has 0 aliphatic carbocycles. The van der Waals surface area contributed by atoms with Crippen molar-refractivity contribution in [2.45, 2.75) is 57.5 Å². The summed E-state index contributed by atoms with van der Waals surface area (Å²) in [6, 6.07) is 5.79. The van der Waals surface area contributed by atoms with E-state index >= 15 is 0 Å². The van der Waals surface area contributed by atoms with Gasteiger partial charge >= 0.3 is 0 Å². The second kappa shape index (κ2) is 5.65. The van der Waals surface area contributed by atoms with Crippen molar-refractivity contribution in [1.29, 1.82) is 0 Å². The largest absolute Gasteiger partial charge is 0.311 e. The molecule has 20 heavy (non-hydrogen) atoms. The van der Waals surface area contributed by atoms with Gasteiger partial charge in [-0.15, -0.1) is 0 Å². The van der Waals surface area contributed by atoms with E-state index in [0.717, 1.165) is 24.0 Å². The summed E-state index contributed by atoms with van der Waals surface area (Å²) in [7, 11) is 0. The highest BCUT2D eigenvalue weighted by molar-refractivity contribution is 5.83. The second-order valence-electron chi connectivity index (χ2n) is 6.37. The Kier molecular flexibility index (Phi) is 3.88. The molecule has 1 N–H and O–H groups in total. The van der Waals surface area contributed by atoms with Crippen LogP contribution in [0.1, 0.15) is 43.2 Å². The van der Waals surface area contributed by atoms with Crippen molar-refractivity contribution in [3.8, 4) is 0 Å². The zero-order valence-electron chi connectivity index (χ0n) is 12.0. The lowest BCUT2D eigenvalue weighted by atomic mass is 9.77. The molecule has 1 aromatic rings. The molecule has 1 aromatic carbocycles. The number of Topliss-reactive ketones (excluding diaryl/α,β-unsaturated/α-hetero) is 1. The number of halogens is 1. The molecule has 2 aliphatic rings. The fraction of sp³-hybridized carbons (Fsp3) is 0.588. The molecule has 0 amide bonds. The first-order chi connectivity index (χ1) is 9.61. The van der Waals surface area contributed by atoms with E-state index in [-0.39, 0.29) is 11.7 Å². The van der Waals surface area contributed by atoms with Crippen molar-refractivity contribution >= 4 is 5.78 Å². The van der Waals surface area contributed by atoms with Gasteiger partial charge < -0.3 is 5.32 Å². The number of carbonyl (C=O) groups is 1. The molecule has 0 saturated carbocycles. The highest BCUT2D eigenvalue weighted by Gasteiger charge is 2.34. The average molecular weight is 275 g/mol. The van der Waals surface area contributed by atoms with Gasteiger partial charge in [0.15, 0.2) is 0 Å². The van der Waals surface area contributed by atoms with Gasteiger partial charge in [-0.2, -0.15) is 0 Å². The van der Waals surface area contributed by atoms with Crippen LogP contribution in [0.2, 0.25) is 0 Å². The minimum Gasteiger partial charge on any atom is -0.311 e. The molecule has 2 atom stereocenters. The van der Waals surface area contributed by atoms with Crippen LogP contribution in [-0.2, 0) is 11.2 Å². The number of hydrogen-bond acceptors (Lipinski definition) is 2. The van der Waals surface area contributed by atoms with Crippen LogP contribution in [0.25, 0.3) is 0 Å². The molecule has 2 aliphatic heterocycles. The van der Waals surface area contributed by atoms with Crippen molar-refractivity contribution in [2.24, 2.45) is 5.92 Å². The van der Waals surface area contributed by atoms with E-state index in [4.69, 9.17) is 0 Å². The summed E-state index contributed by atoms with van der Waals surface area (Å²) in [6.45, 7) is 1.88. The molecule has 2 nitrogen and oxygen atoms in total. The van der Waals surface area contributed by atoms with Crippen LogP contribution >= 0.6 is 0 Å². The lowest BCUT2D eigenvalue weighted by molar-refractivity contribution is -0.124. The van der Waals surface area contributed by atoms with Crippen LogP contribution in [-0.4, -0.2) is 17.9 Å². The fourth-order valence-electron chi connectivity index (χ4n) is 3.72. The number of ketones is 1. The quantitative estimate of drug-likeness (QED) is 0.918. The summed E-state index contributed by atoms with van der Waals surface area (Å²) in [5, 5.41) is 3.62. The van der Waals surface area contributed by atoms with Crippen LogP contribution in [0.5, 0.6) is 0 Å². The Morgan fingerprint density at radius 3 is 2.65 bits per heavy atom. The zero-order valence-corrected chi connectivity index (χ0v) is 12.0. The number of piperidine rings is 2. The van der Waals surface area contributed by atoms with Gasteiger partial charge in [0.25, 0.3) is 0 Å². The number of nitrogens with one attached hydrogen (secondary N) is 1.